The zero-order chi connectivity index (χ0) is 15.7. The molecule has 120 valence electrons. The molecule has 6 N–H and O–H groups in total. The summed E-state index contributed by atoms with van der Waals surface area (Å²) in [6, 6.07) is 0. The number of carbonyl (C=O) groups is 2. The van der Waals surface area contributed by atoms with Crippen LogP contribution in [0, 0.1) is 45.3 Å². The van der Waals surface area contributed by atoms with Crippen LogP contribution in [-0.4, -0.2) is 35.2 Å². The maximum absolute atomic E-state index is 12.2. The highest BCUT2D eigenvalue weighted by atomic mass is 16.3. The summed E-state index contributed by atoms with van der Waals surface area (Å²) < 4.78 is 0. The third-order valence-corrected chi connectivity index (χ3v) is 8.75. The zero-order valence-electron chi connectivity index (χ0n) is 12.4. The fraction of sp³-hybridized carbons (Fsp3) is 0.875. The average Bonchev–Trinajstić information content (AvgIpc) is 2.48. The Kier molecular flexibility index (Phi) is 1.95. The zero-order valence-corrected chi connectivity index (χ0v) is 12.4. The van der Waals surface area contributed by atoms with Gasteiger partial charge in [-0.3, -0.25) is 9.59 Å². The minimum atomic E-state index is -0.426. The van der Waals surface area contributed by atoms with Crippen molar-refractivity contribution in [2.75, 3.05) is 13.2 Å². The number of primary amides is 2. The van der Waals surface area contributed by atoms with Gasteiger partial charge in [0.15, 0.2) is 0 Å². The lowest BCUT2D eigenvalue weighted by molar-refractivity contribution is -0.715. The van der Waals surface area contributed by atoms with E-state index in [0.717, 1.165) is 12.8 Å². The molecule has 6 saturated carbocycles. The van der Waals surface area contributed by atoms with Crippen LogP contribution in [-0.2, 0) is 9.59 Å². The molecule has 0 aliphatic heterocycles. The number of rotatable bonds is 8. The van der Waals surface area contributed by atoms with E-state index >= 15 is 0 Å². The summed E-state index contributed by atoms with van der Waals surface area (Å²) >= 11 is 0. The van der Waals surface area contributed by atoms with E-state index in [9.17, 15) is 19.8 Å². The number of hydrogen-bond donors (Lipinski definition) is 4. The first-order valence-corrected chi connectivity index (χ1v) is 8.31. The summed E-state index contributed by atoms with van der Waals surface area (Å²) in [7, 11) is 0. The third kappa shape index (κ3) is 0.655. The van der Waals surface area contributed by atoms with E-state index in [1.165, 1.54) is 0 Å². The monoisotopic (exact) mass is 306 g/mol. The number of aliphatic hydroxyl groups is 2. The lowest BCUT2D eigenvalue weighted by Gasteiger charge is -3.18. The van der Waals surface area contributed by atoms with Crippen molar-refractivity contribution in [2.24, 2.45) is 56.8 Å². The van der Waals surface area contributed by atoms with E-state index in [4.69, 9.17) is 11.5 Å². The minimum absolute atomic E-state index is 0.0850. The van der Waals surface area contributed by atoms with Gasteiger partial charge in [0.2, 0.25) is 11.8 Å². The Morgan fingerprint density at radius 2 is 1.18 bits per heavy atom. The van der Waals surface area contributed by atoms with E-state index in [1.54, 1.807) is 0 Å². The Balaban J connectivity index is 1.60. The Morgan fingerprint density at radius 1 is 0.818 bits per heavy atom. The van der Waals surface area contributed by atoms with E-state index in [0.29, 0.717) is 12.8 Å². The fourth-order valence-electron chi connectivity index (χ4n) is 9.21. The number of nitrogens with two attached hydrogens (primary N) is 2. The van der Waals surface area contributed by atoms with Crippen LogP contribution in [0.5, 0.6) is 0 Å². The summed E-state index contributed by atoms with van der Waals surface area (Å²) in [5.41, 5.74) is 10.3. The molecule has 6 fully saturated rings. The summed E-state index contributed by atoms with van der Waals surface area (Å²) in [6.45, 7) is 0.170. The molecule has 6 aliphatic rings. The minimum Gasteiger partial charge on any atom is -0.396 e. The molecule has 8 atom stereocenters. The van der Waals surface area contributed by atoms with Crippen LogP contribution in [0.2, 0.25) is 0 Å². The standard InChI is InChI=1S/C16H22N2O4/c17-11(21)15-7-8-10(15)14(4-2-6-20)13(15,3-1-5-19)9(7)16(8,14)12(18)22/h7-10,19-20H,1-6H2,(H2,17,21)(H2,18,22). The van der Waals surface area contributed by atoms with Crippen LogP contribution in [0.15, 0.2) is 0 Å². The normalized spacial score (nSPS) is 60.1. The van der Waals surface area contributed by atoms with Crippen LogP contribution >= 0.6 is 0 Å². The second-order valence-electron chi connectivity index (χ2n) is 8.07. The Bertz CT molecular complexity index is 584. The highest BCUT2D eigenvalue weighted by Gasteiger charge is 3.21. The average molecular weight is 306 g/mol. The first kappa shape index (κ1) is 13.3. The molecule has 0 aromatic carbocycles. The molecule has 6 rings (SSSR count). The molecule has 6 heteroatoms. The second-order valence-corrected chi connectivity index (χ2v) is 8.07. The van der Waals surface area contributed by atoms with E-state index in [-0.39, 0.29) is 59.5 Å². The van der Waals surface area contributed by atoms with Gasteiger partial charge in [0.1, 0.15) is 0 Å². The molecule has 22 heavy (non-hydrogen) atoms. The number of amides is 2. The lowest BCUT2D eigenvalue weighted by atomic mass is 8.83. The maximum Gasteiger partial charge on any atom is 0.224 e. The molecule has 2 amide bonds. The predicted octanol–water partition coefficient (Wildman–Crippen LogP) is -1.02. The Hall–Kier alpha value is -1.14. The molecular weight excluding hydrogens is 284 g/mol. The third-order valence-electron chi connectivity index (χ3n) is 8.75. The van der Waals surface area contributed by atoms with Gasteiger partial charge in [-0.15, -0.1) is 0 Å². The van der Waals surface area contributed by atoms with Crippen molar-refractivity contribution >= 4 is 11.8 Å². The van der Waals surface area contributed by atoms with E-state index < -0.39 is 10.8 Å². The molecule has 0 saturated heterocycles. The maximum atomic E-state index is 12.2. The van der Waals surface area contributed by atoms with Crippen molar-refractivity contribution in [1.82, 2.24) is 0 Å². The lowest BCUT2D eigenvalue weighted by Crippen LogP contribution is -3.20. The van der Waals surface area contributed by atoms with Gasteiger partial charge in [-0.25, -0.2) is 0 Å². The highest BCUT2D eigenvalue weighted by molar-refractivity contribution is 6.02. The first-order valence-electron chi connectivity index (χ1n) is 8.31. The summed E-state index contributed by atoms with van der Waals surface area (Å²) in [6.07, 6.45) is 2.76. The first-order chi connectivity index (χ1) is 10.5. The quantitative estimate of drug-likeness (QED) is 0.458. The topological polar surface area (TPSA) is 127 Å². The van der Waals surface area contributed by atoms with Gasteiger partial charge in [-0.2, -0.15) is 0 Å². The molecule has 0 spiro atoms. The van der Waals surface area contributed by atoms with Crippen LogP contribution in [0.4, 0.5) is 0 Å². The van der Waals surface area contributed by atoms with Crippen molar-refractivity contribution in [3.05, 3.63) is 0 Å². The summed E-state index contributed by atoms with van der Waals surface area (Å²) in [5.74, 6) is 0.487. The molecule has 0 aromatic rings. The molecule has 0 radical (unpaired) electrons. The number of carbonyl (C=O) groups excluding carboxylic acids is 2. The van der Waals surface area contributed by atoms with Crippen molar-refractivity contribution < 1.29 is 19.8 Å². The smallest absolute Gasteiger partial charge is 0.224 e. The Labute approximate surface area is 128 Å². The van der Waals surface area contributed by atoms with Gasteiger partial charge in [0.05, 0.1) is 10.8 Å². The van der Waals surface area contributed by atoms with Crippen molar-refractivity contribution in [2.45, 2.75) is 25.7 Å². The van der Waals surface area contributed by atoms with Gasteiger partial charge >= 0.3 is 0 Å². The van der Waals surface area contributed by atoms with E-state index in [1.807, 2.05) is 0 Å². The van der Waals surface area contributed by atoms with Crippen LogP contribution in [0.3, 0.4) is 0 Å². The fourth-order valence-corrected chi connectivity index (χ4v) is 9.21. The molecule has 0 aromatic heterocycles. The molecule has 0 heterocycles. The number of aliphatic hydroxyl groups excluding tert-OH is 2. The van der Waals surface area contributed by atoms with Crippen LogP contribution in [0.1, 0.15) is 25.7 Å². The van der Waals surface area contributed by atoms with E-state index in [2.05, 4.69) is 0 Å². The highest BCUT2D eigenvalue weighted by Crippen LogP contribution is 3.19. The van der Waals surface area contributed by atoms with Crippen LogP contribution in [0.25, 0.3) is 0 Å². The van der Waals surface area contributed by atoms with Crippen molar-refractivity contribution in [3.63, 3.8) is 0 Å². The second kappa shape index (κ2) is 3.22. The van der Waals surface area contributed by atoms with Gasteiger partial charge in [0.25, 0.3) is 0 Å². The number of hydrogen-bond acceptors (Lipinski definition) is 4. The molecule has 6 nitrogen and oxygen atoms in total. The largest absolute Gasteiger partial charge is 0.396 e. The van der Waals surface area contributed by atoms with Gasteiger partial charge in [0, 0.05) is 13.2 Å². The van der Waals surface area contributed by atoms with Crippen LogP contribution < -0.4 is 11.5 Å². The SMILES string of the molecule is NC(=O)C12C3C4C1C1(CCCO)C4(C(N)=O)C3C21CCCO. The van der Waals surface area contributed by atoms with Crippen molar-refractivity contribution in [1.29, 1.82) is 0 Å². The Morgan fingerprint density at radius 3 is 1.45 bits per heavy atom. The molecular formula is C16H22N2O4. The predicted molar refractivity (Wildman–Crippen MR) is 74.7 cm³/mol. The van der Waals surface area contributed by atoms with Gasteiger partial charge in [-0.05, 0) is 60.2 Å². The van der Waals surface area contributed by atoms with Gasteiger partial charge < -0.3 is 21.7 Å². The summed E-state index contributed by atoms with van der Waals surface area (Å²) in [4.78, 5) is 24.5. The summed E-state index contributed by atoms with van der Waals surface area (Å²) in [5, 5.41) is 18.5. The van der Waals surface area contributed by atoms with Gasteiger partial charge in [-0.1, -0.05) is 0 Å². The molecule has 8 unspecified atom stereocenters. The van der Waals surface area contributed by atoms with Crippen molar-refractivity contribution in [3.8, 4) is 0 Å². The molecule has 0 bridgehead atoms. The molecule has 6 aliphatic carbocycles.